The van der Waals surface area contributed by atoms with Gasteiger partial charge in [-0.05, 0) is 12.8 Å². The van der Waals surface area contributed by atoms with Gasteiger partial charge in [0.15, 0.2) is 0 Å². The van der Waals surface area contributed by atoms with Crippen LogP contribution in [-0.4, -0.2) is 10.5 Å². The van der Waals surface area contributed by atoms with Gasteiger partial charge in [-0.1, -0.05) is 25.7 Å². The standard InChI is InChI=1S/C8H14S/c1-2-4-6-8-7(9-8)5-3-1/h7-8H,1-6H2. The monoisotopic (exact) mass is 142 g/mol. The minimum atomic E-state index is 1.10. The van der Waals surface area contributed by atoms with E-state index in [2.05, 4.69) is 11.8 Å². The van der Waals surface area contributed by atoms with Crippen LogP contribution >= 0.6 is 11.8 Å². The molecule has 52 valence electrons. The Morgan fingerprint density at radius 2 is 1.33 bits per heavy atom. The van der Waals surface area contributed by atoms with E-state index in [9.17, 15) is 0 Å². The lowest BCUT2D eigenvalue weighted by Crippen LogP contribution is -1.97. The van der Waals surface area contributed by atoms with Crippen molar-refractivity contribution in [2.75, 3.05) is 0 Å². The summed E-state index contributed by atoms with van der Waals surface area (Å²) >= 11 is 2.23. The van der Waals surface area contributed by atoms with E-state index in [0.717, 1.165) is 10.5 Å². The maximum Gasteiger partial charge on any atom is 0.0169 e. The molecule has 1 saturated heterocycles. The smallest absolute Gasteiger partial charge is 0.0169 e. The molecule has 0 amide bonds. The number of fused-ring (bicyclic) bond motifs is 1. The Labute approximate surface area is 61.4 Å². The van der Waals surface area contributed by atoms with E-state index in [1.807, 2.05) is 0 Å². The zero-order valence-corrected chi connectivity index (χ0v) is 6.62. The Morgan fingerprint density at radius 3 is 1.89 bits per heavy atom. The topological polar surface area (TPSA) is 0 Å². The highest BCUT2D eigenvalue weighted by atomic mass is 32.2. The zero-order valence-electron chi connectivity index (χ0n) is 5.81. The molecule has 2 unspecified atom stereocenters. The molecule has 2 atom stereocenters. The van der Waals surface area contributed by atoms with Gasteiger partial charge in [0.2, 0.25) is 0 Å². The second-order valence-corrected chi connectivity index (χ2v) is 4.69. The van der Waals surface area contributed by atoms with Crippen molar-refractivity contribution in [1.82, 2.24) is 0 Å². The lowest BCUT2D eigenvalue weighted by atomic mass is 10.0. The molecule has 1 aliphatic heterocycles. The molecular weight excluding hydrogens is 128 g/mol. The minimum absolute atomic E-state index is 1.10. The molecule has 0 spiro atoms. The largest absolute Gasteiger partial charge is 0.153 e. The summed E-state index contributed by atoms with van der Waals surface area (Å²) in [5.74, 6) is 0. The van der Waals surface area contributed by atoms with Gasteiger partial charge in [0.25, 0.3) is 0 Å². The summed E-state index contributed by atoms with van der Waals surface area (Å²) in [6.07, 6.45) is 9.07. The Balaban J connectivity index is 1.81. The summed E-state index contributed by atoms with van der Waals surface area (Å²) in [6.45, 7) is 0. The highest BCUT2D eigenvalue weighted by molar-refractivity contribution is 8.07. The third kappa shape index (κ3) is 1.43. The van der Waals surface area contributed by atoms with Crippen LogP contribution in [0.4, 0.5) is 0 Å². The van der Waals surface area contributed by atoms with Gasteiger partial charge in [-0.15, -0.1) is 0 Å². The number of rotatable bonds is 0. The number of hydrogen-bond donors (Lipinski definition) is 0. The molecule has 0 nitrogen and oxygen atoms in total. The number of hydrogen-bond acceptors (Lipinski definition) is 1. The molecule has 1 aliphatic carbocycles. The molecule has 0 radical (unpaired) electrons. The van der Waals surface area contributed by atoms with E-state index >= 15 is 0 Å². The van der Waals surface area contributed by atoms with Gasteiger partial charge < -0.3 is 0 Å². The van der Waals surface area contributed by atoms with Crippen molar-refractivity contribution in [2.24, 2.45) is 0 Å². The molecular formula is C8H14S. The summed E-state index contributed by atoms with van der Waals surface area (Å²) < 4.78 is 0. The molecule has 0 aromatic heterocycles. The summed E-state index contributed by atoms with van der Waals surface area (Å²) in [4.78, 5) is 0. The molecule has 2 rings (SSSR count). The molecule has 0 aromatic carbocycles. The van der Waals surface area contributed by atoms with E-state index in [1.165, 1.54) is 38.5 Å². The first-order chi connectivity index (χ1) is 4.47. The lowest BCUT2D eigenvalue weighted by molar-refractivity contribution is 0.551. The molecule has 0 aromatic rings. The van der Waals surface area contributed by atoms with Crippen molar-refractivity contribution >= 4 is 11.8 Å². The zero-order chi connectivity index (χ0) is 6.10. The minimum Gasteiger partial charge on any atom is -0.153 e. The van der Waals surface area contributed by atoms with Crippen LogP contribution in [0, 0.1) is 0 Å². The van der Waals surface area contributed by atoms with Crippen LogP contribution in [-0.2, 0) is 0 Å². The Kier molecular flexibility index (Phi) is 1.71. The molecule has 2 aliphatic rings. The first kappa shape index (κ1) is 6.09. The fourth-order valence-corrected chi connectivity index (χ4v) is 2.97. The Morgan fingerprint density at radius 1 is 0.778 bits per heavy atom. The van der Waals surface area contributed by atoms with Crippen molar-refractivity contribution in [2.45, 2.75) is 49.0 Å². The second-order valence-electron chi connectivity index (χ2n) is 3.20. The highest BCUT2D eigenvalue weighted by Gasteiger charge is 2.37. The summed E-state index contributed by atoms with van der Waals surface area (Å²) in [5, 5.41) is 2.20. The van der Waals surface area contributed by atoms with E-state index in [-0.39, 0.29) is 0 Å². The van der Waals surface area contributed by atoms with Crippen molar-refractivity contribution in [3.63, 3.8) is 0 Å². The van der Waals surface area contributed by atoms with Gasteiger partial charge >= 0.3 is 0 Å². The molecule has 1 heteroatoms. The first-order valence-electron chi connectivity index (χ1n) is 4.12. The average Bonchev–Trinajstić information content (AvgIpc) is 2.46. The van der Waals surface area contributed by atoms with Crippen LogP contribution in [0.5, 0.6) is 0 Å². The predicted molar refractivity (Wildman–Crippen MR) is 42.9 cm³/mol. The third-order valence-corrected chi connectivity index (χ3v) is 3.93. The van der Waals surface area contributed by atoms with Gasteiger partial charge in [-0.3, -0.25) is 0 Å². The predicted octanol–water partition coefficient (Wildman–Crippen LogP) is 2.82. The Bertz CT molecular complexity index is 88.7. The highest BCUT2D eigenvalue weighted by Crippen LogP contribution is 2.48. The molecule has 1 saturated carbocycles. The normalized spacial score (nSPS) is 42.7. The van der Waals surface area contributed by atoms with Crippen LogP contribution < -0.4 is 0 Å². The molecule has 0 bridgehead atoms. The van der Waals surface area contributed by atoms with Gasteiger partial charge in [0, 0.05) is 10.5 Å². The van der Waals surface area contributed by atoms with E-state index in [1.54, 1.807) is 0 Å². The van der Waals surface area contributed by atoms with Crippen LogP contribution in [0.3, 0.4) is 0 Å². The SMILES string of the molecule is C1CCCC2SC2CC1. The van der Waals surface area contributed by atoms with Gasteiger partial charge in [-0.2, -0.15) is 11.8 Å². The van der Waals surface area contributed by atoms with Gasteiger partial charge in [-0.25, -0.2) is 0 Å². The third-order valence-electron chi connectivity index (χ3n) is 2.41. The van der Waals surface area contributed by atoms with Crippen molar-refractivity contribution < 1.29 is 0 Å². The van der Waals surface area contributed by atoms with Gasteiger partial charge in [0.05, 0.1) is 0 Å². The molecule has 0 N–H and O–H groups in total. The van der Waals surface area contributed by atoms with Crippen LogP contribution in [0.25, 0.3) is 0 Å². The van der Waals surface area contributed by atoms with E-state index in [4.69, 9.17) is 0 Å². The van der Waals surface area contributed by atoms with E-state index in [0.29, 0.717) is 0 Å². The molecule has 1 heterocycles. The summed E-state index contributed by atoms with van der Waals surface area (Å²) in [6, 6.07) is 0. The molecule has 2 fully saturated rings. The van der Waals surface area contributed by atoms with Crippen molar-refractivity contribution in [1.29, 1.82) is 0 Å². The maximum atomic E-state index is 2.23. The fraction of sp³-hybridized carbons (Fsp3) is 1.00. The maximum absolute atomic E-state index is 2.23. The second kappa shape index (κ2) is 2.53. The summed E-state index contributed by atoms with van der Waals surface area (Å²) in [5.41, 5.74) is 0. The quantitative estimate of drug-likeness (QED) is 0.469. The van der Waals surface area contributed by atoms with Crippen molar-refractivity contribution in [3.8, 4) is 0 Å². The Hall–Kier alpha value is 0.350. The van der Waals surface area contributed by atoms with E-state index < -0.39 is 0 Å². The van der Waals surface area contributed by atoms with Crippen LogP contribution in [0.15, 0.2) is 0 Å². The molecule has 9 heavy (non-hydrogen) atoms. The average molecular weight is 142 g/mol. The van der Waals surface area contributed by atoms with Crippen LogP contribution in [0.1, 0.15) is 38.5 Å². The van der Waals surface area contributed by atoms with Crippen LogP contribution in [0.2, 0.25) is 0 Å². The van der Waals surface area contributed by atoms with Crippen molar-refractivity contribution in [3.05, 3.63) is 0 Å². The lowest BCUT2D eigenvalue weighted by Gasteiger charge is -2.03. The number of thioether (sulfide) groups is 1. The summed E-state index contributed by atoms with van der Waals surface area (Å²) in [7, 11) is 0. The first-order valence-corrected chi connectivity index (χ1v) is 5.06. The fourth-order valence-electron chi connectivity index (χ4n) is 1.73. The van der Waals surface area contributed by atoms with Gasteiger partial charge in [0.1, 0.15) is 0 Å².